The summed E-state index contributed by atoms with van der Waals surface area (Å²) in [4.78, 5) is 21.8. The Bertz CT molecular complexity index is 503. The summed E-state index contributed by atoms with van der Waals surface area (Å²) in [6.45, 7) is -0.180. The number of carbonyl (C=O) groups is 1. The van der Waals surface area contributed by atoms with Crippen molar-refractivity contribution in [2.24, 2.45) is 0 Å². The standard InChI is InChI=1S/C14H18N2O5/c17-13-4-2-1-3-12(13)15-14(18)9-21-11-7-5-10(6-8-11)16(19)20/h5-8,12-13,17H,1-4,9H2,(H,15,18)/t12-,13-/m1/s1. The fourth-order valence-electron chi connectivity index (χ4n) is 2.34. The molecule has 1 aliphatic carbocycles. The molecule has 7 heteroatoms. The Balaban J connectivity index is 1.79. The second-order valence-electron chi connectivity index (χ2n) is 5.07. The van der Waals surface area contributed by atoms with Gasteiger partial charge >= 0.3 is 0 Å². The molecular formula is C14H18N2O5. The highest BCUT2D eigenvalue weighted by atomic mass is 16.6. The van der Waals surface area contributed by atoms with Gasteiger partial charge in [-0.15, -0.1) is 0 Å². The average Bonchev–Trinajstić information content (AvgIpc) is 2.48. The van der Waals surface area contributed by atoms with E-state index in [0.29, 0.717) is 12.2 Å². The van der Waals surface area contributed by atoms with Crippen LogP contribution in [0, 0.1) is 10.1 Å². The van der Waals surface area contributed by atoms with E-state index in [1.807, 2.05) is 0 Å². The molecule has 0 bridgehead atoms. The highest BCUT2D eigenvalue weighted by Gasteiger charge is 2.24. The Morgan fingerprint density at radius 1 is 1.33 bits per heavy atom. The molecule has 2 N–H and O–H groups in total. The van der Waals surface area contributed by atoms with Gasteiger partial charge in [0, 0.05) is 12.1 Å². The Morgan fingerprint density at radius 2 is 2.00 bits per heavy atom. The van der Waals surface area contributed by atoms with Gasteiger partial charge in [-0.3, -0.25) is 14.9 Å². The van der Waals surface area contributed by atoms with E-state index in [1.54, 1.807) is 0 Å². The lowest BCUT2D eigenvalue weighted by molar-refractivity contribution is -0.384. The third-order valence-electron chi connectivity index (χ3n) is 3.49. The molecule has 1 aromatic rings. The zero-order chi connectivity index (χ0) is 15.2. The molecule has 1 aromatic carbocycles. The lowest BCUT2D eigenvalue weighted by Gasteiger charge is -2.28. The van der Waals surface area contributed by atoms with Crippen molar-refractivity contribution in [3.8, 4) is 5.75 Å². The fraction of sp³-hybridized carbons (Fsp3) is 0.500. The van der Waals surface area contributed by atoms with Gasteiger partial charge < -0.3 is 15.2 Å². The second kappa shape index (κ2) is 7.03. The zero-order valence-electron chi connectivity index (χ0n) is 11.5. The monoisotopic (exact) mass is 294 g/mol. The first-order valence-corrected chi connectivity index (χ1v) is 6.91. The van der Waals surface area contributed by atoms with E-state index < -0.39 is 11.0 Å². The van der Waals surface area contributed by atoms with Gasteiger partial charge in [0.15, 0.2) is 6.61 Å². The molecule has 1 aliphatic rings. The normalized spacial score (nSPS) is 21.6. The van der Waals surface area contributed by atoms with E-state index in [0.717, 1.165) is 19.3 Å². The van der Waals surface area contributed by atoms with Crippen molar-refractivity contribution in [2.45, 2.75) is 37.8 Å². The number of rotatable bonds is 5. The van der Waals surface area contributed by atoms with E-state index in [1.165, 1.54) is 24.3 Å². The maximum absolute atomic E-state index is 11.7. The molecule has 114 valence electrons. The molecule has 21 heavy (non-hydrogen) atoms. The predicted octanol–water partition coefficient (Wildman–Crippen LogP) is 1.39. The van der Waals surface area contributed by atoms with Gasteiger partial charge in [-0.25, -0.2) is 0 Å². The molecule has 2 rings (SSSR count). The van der Waals surface area contributed by atoms with Crippen molar-refractivity contribution in [1.82, 2.24) is 5.32 Å². The number of nitro benzene ring substituents is 1. The lowest BCUT2D eigenvalue weighted by atomic mass is 9.92. The van der Waals surface area contributed by atoms with Crippen LogP contribution in [0.1, 0.15) is 25.7 Å². The zero-order valence-corrected chi connectivity index (χ0v) is 11.5. The number of ether oxygens (including phenoxy) is 1. The van der Waals surface area contributed by atoms with Crippen LogP contribution in [0.15, 0.2) is 24.3 Å². The Hall–Kier alpha value is -2.15. The summed E-state index contributed by atoms with van der Waals surface area (Å²) in [7, 11) is 0. The number of benzene rings is 1. The number of nitro groups is 1. The maximum Gasteiger partial charge on any atom is 0.269 e. The summed E-state index contributed by atoms with van der Waals surface area (Å²) >= 11 is 0. The number of hydrogen-bond donors (Lipinski definition) is 2. The van der Waals surface area contributed by atoms with E-state index in [4.69, 9.17) is 4.74 Å². The number of hydrogen-bond acceptors (Lipinski definition) is 5. The molecule has 0 saturated heterocycles. The summed E-state index contributed by atoms with van der Waals surface area (Å²) < 4.78 is 5.26. The van der Waals surface area contributed by atoms with Gasteiger partial charge in [0.05, 0.1) is 17.1 Å². The number of amides is 1. The van der Waals surface area contributed by atoms with Gasteiger partial charge in [0.25, 0.3) is 11.6 Å². The molecule has 1 amide bonds. The van der Waals surface area contributed by atoms with Crippen LogP contribution >= 0.6 is 0 Å². The maximum atomic E-state index is 11.7. The Labute approximate surface area is 122 Å². The van der Waals surface area contributed by atoms with Crippen LogP contribution in [-0.2, 0) is 4.79 Å². The molecule has 1 fully saturated rings. The number of non-ortho nitro benzene ring substituents is 1. The number of carbonyl (C=O) groups excluding carboxylic acids is 1. The topological polar surface area (TPSA) is 102 Å². The first-order valence-electron chi connectivity index (χ1n) is 6.91. The van der Waals surface area contributed by atoms with Crippen LogP contribution in [0.3, 0.4) is 0 Å². The van der Waals surface area contributed by atoms with Gasteiger partial charge in [-0.1, -0.05) is 12.8 Å². The predicted molar refractivity (Wildman–Crippen MR) is 75.0 cm³/mol. The minimum Gasteiger partial charge on any atom is -0.484 e. The summed E-state index contributed by atoms with van der Waals surface area (Å²) in [5.74, 6) is 0.0826. The van der Waals surface area contributed by atoms with Crippen LogP contribution in [0.4, 0.5) is 5.69 Å². The average molecular weight is 294 g/mol. The van der Waals surface area contributed by atoms with Crippen molar-refractivity contribution in [2.75, 3.05) is 6.61 Å². The largest absolute Gasteiger partial charge is 0.484 e. The van der Waals surface area contributed by atoms with E-state index in [9.17, 15) is 20.0 Å². The highest BCUT2D eigenvalue weighted by Crippen LogP contribution is 2.19. The number of nitrogens with zero attached hydrogens (tertiary/aromatic N) is 1. The third kappa shape index (κ3) is 4.42. The first-order chi connectivity index (χ1) is 10.1. The van der Waals surface area contributed by atoms with Crippen LogP contribution in [0.5, 0.6) is 5.75 Å². The van der Waals surface area contributed by atoms with Crippen LogP contribution in [-0.4, -0.2) is 34.7 Å². The molecule has 0 radical (unpaired) electrons. The highest BCUT2D eigenvalue weighted by molar-refractivity contribution is 5.77. The molecule has 2 atom stereocenters. The van der Waals surface area contributed by atoms with E-state index in [-0.39, 0.29) is 24.2 Å². The van der Waals surface area contributed by atoms with Crippen molar-refractivity contribution < 1.29 is 19.6 Å². The lowest BCUT2D eigenvalue weighted by Crippen LogP contribution is -2.46. The summed E-state index contributed by atoms with van der Waals surface area (Å²) in [6.07, 6.45) is 2.94. The number of aliphatic hydroxyl groups excluding tert-OH is 1. The fourth-order valence-corrected chi connectivity index (χ4v) is 2.34. The number of nitrogens with one attached hydrogen (secondary N) is 1. The van der Waals surface area contributed by atoms with Crippen LogP contribution in [0.25, 0.3) is 0 Å². The number of aliphatic hydroxyl groups is 1. The SMILES string of the molecule is O=C(COc1ccc([N+](=O)[O-])cc1)N[C@@H]1CCCC[C@H]1O. The Morgan fingerprint density at radius 3 is 2.62 bits per heavy atom. The van der Waals surface area contributed by atoms with Crippen molar-refractivity contribution in [3.05, 3.63) is 34.4 Å². The molecule has 0 aliphatic heterocycles. The molecule has 0 spiro atoms. The Kier molecular flexibility index (Phi) is 5.10. The van der Waals surface area contributed by atoms with Crippen molar-refractivity contribution in [1.29, 1.82) is 0 Å². The molecule has 0 aromatic heterocycles. The van der Waals surface area contributed by atoms with Crippen molar-refractivity contribution in [3.63, 3.8) is 0 Å². The molecule has 7 nitrogen and oxygen atoms in total. The molecule has 0 heterocycles. The quantitative estimate of drug-likeness (QED) is 0.631. The third-order valence-corrected chi connectivity index (χ3v) is 3.49. The molecular weight excluding hydrogens is 276 g/mol. The second-order valence-corrected chi connectivity index (χ2v) is 5.07. The summed E-state index contributed by atoms with van der Waals surface area (Å²) in [6, 6.07) is 5.31. The summed E-state index contributed by atoms with van der Waals surface area (Å²) in [5, 5.41) is 23.0. The van der Waals surface area contributed by atoms with Gasteiger partial charge in [-0.2, -0.15) is 0 Å². The molecule has 1 saturated carbocycles. The van der Waals surface area contributed by atoms with E-state index in [2.05, 4.69) is 5.32 Å². The molecule has 0 unspecified atom stereocenters. The smallest absolute Gasteiger partial charge is 0.269 e. The summed E-state index contributed by atoms with van der Waals surface area (Å²) in [5.41, 5.74) is -0.0304. The minimum atomic E-state index is -0.499. The van der Waals surface area contributed by atoms with Gasteiger partial charge in [0.1, 0.15) is 5.75 Å². The first kappa shape index (κ1) is 15.2. The van der Waals surface area contributed by atoms with Gasteiger partial charge in [-0.05, 0) is 25.0 Å². The van der Waals surface area contributed by atoms with Crippen molar-refractivity contribution >= 4 is 11.6 Å². The van der Waals surface area contributed by atoms with Gasteiger partial charge in [0.2, 0.25) is 0 Å². The van der Waals surface area contributed by atoms with E-state index >= 15 is 0 Å². The van der Waals surface area contributed by atoms with Crippen LogP contribution in [0.2, 0.25) is 0 Å². The minimum absolute atomic E-state index is 0.0304. The van der Waals surface area contributed by atoms with Crippen LogP contribution < -0.4 is 10.1 Å².